The Morgan fingerprint density at radius 1 is 1.15 bits per heavy atom. The predicted molar refractivity (Wildman–Crippen MR) is 130 cm³/mol. The molecule has 1 amide bonds. The summed E-state index contributed by atoms with van der Waals surface area (Å²) in [6.07, 6.45) is 1.68. The minimum atomic E-state index is -0.414. The highest BCUT2D eigenvalue weighted by molar-refractivity contribution is 7.22. The maximum absolute atomic E-state index is 14.4. The fourth-order valence-electron chi connectivity index (χ4n) is 3.93. The number of hydrogen-bond donors (Lipinski definition) is 0. The first-order chi connectivity index (χ1) is 16.5. The van der Waals surface area contributed by atoms with Crippen LogP contribution in [0.25, 0.3) is 10.2 Å². The molecule has 0 bridgehead atoms. The lowest BCUT2D eigenvalue weighted by atomic mass is 10.1. The quantitative estimate of drug-likeness (QED) is 0.378. The van der Waals surface area contributed by atoms with Gasteiger partial charge in [-0.15, -0.1) is 0 Å². The number of para-hydroxylation sites is 1. The summed E-state index contributed by atoms with van der Waals surface area (Å²) in [4.78, 5) is 19.9. The Kier molecular flexibility index (Phi) is 7.84. The molecule has 34 heavy (non-hydrogen) atoms. The molecule has 2 aromatic carbocycles. The van der Waals surface area contributed by atoms with E-state index in [0.29, 0.717) is 65.6 Å². The number of nitrogens with zero attached hydrogens (tertiary/aromatic N) is 2. The van der Waals surface area contributed by atoms with E-state index in [0.717, 1.165) is 12.8 Å². The summed E-state index contributed by atoms with van der Waals surface area (Å²) in [5, 5.41) is 0.422. The number of carbonyl (C=O) groups excluding carboxylic acids is 1. The minimum Gasteiger partial charge on any atom is -0.490 e. The number of halogens is 1. The van der Waals surface area contributed by atoms with Crippen LogP contribution in [-0.2, 0) is 4.74 Å². The van der Waals surface area contributed by atoms with Crippen molar-refractivity contribution in [1.82, 2.24) is 4.98 Å². The Bertz CT molecular complexity index is 1120. The summed E-state index contributed by atoms with van der Waals surface area (Å²) >= 11 is 1.28. The van der Waals surface area contributed by atoms with Crippen molar-refractivity contribution in [1.29, 1.82) is 0 Å². The van der Waals surface area contributed by atoms with Gasteiger partial charge in [-0.1, -0.05) is 17.4 Å². The van der Waals surface area contributed by atoms with Crippen molar-refractivity contribution >= 4 is 32.6 Å². The second-order valence-corrected chi connectivity index (χ2v) is 8.74. The molecule has 182 valence electrons. The molecule has 0 aliphatic carbocycles. The summed E-state index contributed by atoms with van der Waals surface area (Å²) < 4.78 is 38.2. The van der Waals surface area contributed by atoms with Gasteiger partial charge in [0.2, 0.25) is 5.75 Å². The molecule has 2 heterocycles. The average Bonchev–Trinajstić information content (AvgIpc) is 3.50. The van der Waals surface area contributed by atoms with Gasteiger partial charge in [0.05, 0.1) is 37.2 Å². The second kappa shape index (κ2) is 11.0. The lowest BCUT2D eigenvalue weighted by molar-refractivity contribution is 0.0916. The molecule has 0 radical (unpaired) electrons. The SMILES string of the molecule is CCOc1cc(C(=O)N(CC2CCCO2)c2nc3c(F)cccc3s2)cc(OCC)c1OCC. The number of anilines is 1. The highest BCUT2D eigenvalue weighted by Crippen LogP contribution is 2.40. The summed E-state index contributed by atoms with van der Waals surface area (Å²) in [6, 6.07) is 8.13. The highest BCUT2D eigenvalue weighted by Gasteiger charge is 2.29. The van der Waals surface area contributed by atoms with Crippen molar-refractivity contribution < 1.29 is 28.1 Å². The molecule has 0 saturated carbocycles. The number of carbonyl (C=O) groups is 1. The lowest BCUT2D eigenvalue weighted by Crippen LogP contribution is -2.37. The normalized spacial score (nSPS) is 15.5. The molecule has 3 aromatic rings. The molecule has 1 fully saturated rings. The van der Waals surface area contributed by atoms with Crippen LogP contribution in [0.5, 0.6) is 17.2 Å². The zero-order chi connectivity index (χ0) is 24.1. The molecule has 1 aromatic heterocycles. The van der Waals surface area contributed by atoms with Gasteiger partial charge in [0.15, 0.2) is 16.6 Å². The number of rotatable bonds is 10. The first-order valence-electron chi connectivity index (χ1n) is 11.6. The van der Waals surface area contributed by atoms with E-state index >= 15 is 0 Å². The molecule has 0 N–H and O–H groups in total. The highest BCUT2D eigenvalue weighted by atomic mass is 32.1. The topological polar surface area (TPSA) is 70.1 Å². The number of aromatic nitrogens is 1. The van der Waals surface area contributed by atoms with Gasteiger partial charge in [0.1, 0.15) is 11.3 Å². The smallest absolute Gasteiger partial charge is 0.260 e. The Morgan fingerprint density at radius 2 is 1.85 bits per heavy atom. The van der Waals surface area contributed by atoms with Crippen LogP contribution in [-0.4, -0.2) is 50.0 Å². The zero-order valence-electron chi connectivity index (χ0n) is 19.6. The Labute approximate surface area is 202 Å². The van der Waals surface area contributed by atoms with Crippen LogP contribution in [0.4, 0.5) is 9.52 Å². The van der Waals surface area contributed by atoms with Crippen molar-refractivity contribution in [2.45, 2.75) is 39.7 Å². The maximum atomic E-state index is 14.4. The molecule has 1 unspecified atom stereocenters. The van der Waals surface area contributed by atoms with E-state index in [4.69, 9.17) is 18.9 Å². The third kappa shape index (κ3) is 5.10. The first kappa shape index (κ1) is 24.2. The van der Waals surface area contributed by atoms with Crippen molar-refractivity contribution in [2.75, 3.05) is 37.9 Å². The number of hydrogen-bond acceptors (Lipinski definition) is 7. The Hall–Kier alpha value is -2.91. The maximum Gasteiger partial charge on any atom is 0.260 e. The van der Waals surface area contributed by atoms with Gasteiger partial charge in [0.25, 0.3) is 5.91 Å². The van der Waals surface area contributed by atoms with Gasteiger partial charge < -0.3 is 18.9 Å². The Morgan fingerprint density at radius 3 is 2.44 bits per heavy atom. The fourth-order valence-corrected chi connectivity index (χ4v) is 4.91. The molecule has 1 aliphatic heterocycles. The third-order valence-electron chi connectivity index (χ3n) is 5.40. The van der Waals surface area contributed by atoms with E-state index in [2.05, 4.69) is 4.98 Å². The standard InChI is InChI=1S/C25H29FN2O5S/c1-4-30-19-13-16(14-20(31-5-2)23(19)32-6-3)24(29)28(15-17-9-8-12-33-17)25-27-22-18(26)10-7-11-21(22)34-25/h7,10-11,13-14,17H,4-6,8-9,12,15H2,1-3H3. The van der Waals surface area contributed by atoms with Crippen LogP contribution >= 0.6 is 11.3 Å². The largest absolute Gasteiger partial charge is 0.490 e. The molecule has 9 heteroatoms. The first-order valence-corrected chi connectivity index (χ1v) is 12.4. The third-order valence-corrected chi connectivity index (χ3v) is 6.44. The van der Waals surface area contributed by atoms with Gasteiger partial charge in [-0.2, -0.15) is 0 Å². The summed E-state index contributed by atoms with van der Waals surface area (Å²) in [5.41, 5.74) is 0.623. The summed E-state index contributed by atoms with van der Waals surface area (Å²) in [7, 11) is 0. The van der Waals surface area contributed by atoms with Gasteiger partial charge in [-0.25, -0.2) is 9.37 Å². The van der Waals surface area contributed by atoms with Crippen LogP contribution in [0, 0.1) is 5.82 Å². The van der Waals surface area contributed by atoms with Gasteiger partial charge in [-0.3, -0.25) is 9.69 Å². The van der Waals surface area contributed by atoms with E-state index in [1.807, 2.05) is 20.8 Å². The summed E-state index contributed by atoms with van der Waals surface area (Å²) in [5.74, 6) is 0.635. The molecule has 4 rings (SSSR count). The Balaban J connectivity index is 1.77. The lowest BCUT2D eigenvalue weighted by Gasteiger charge is -2.24. The van der Waals surface area contributed by atoms with Crippen LogP contribution in [0.1, 0.15) is 44.0 Å². The molecule has 1 saturated heterocycles. The number of benzene rings is 2. The number of thiazole rings is 1. The van der Waals surface area contributed by atoms with E-state index in [1.165, 1.54) is 17.4 Å². The van der Waals surface area contributed by atoms with E-state index in [1.54, 1.807) is 29.2 Å². The van der Waals surface area contributed by atoms with Crippen LogP contribution in [0.2, 0.25) is 0 Å². The van der Waals surface area contributed by atoms with Crippen LogP contribution < -0.4 is 19.1 Å². The number of ether oxygens (including phenoxy) is 4. The molecule has 7 nitrogen and oxygen atoms in total. The summed E-state index contributed by atoms with van der Waals surface area (Å²) in [6.45, 7) is 7.82. The van der Waals surface area contributed by atoms with Crippen LogP contribution in [0.3, 0.4) is 0 Å². The number of amides is 1. The predicted octanol–water partition coefficient (Wildman–Crippen LogP) is 5.46. The van der Waals surface area contributed by atoms with Crippen LogP contribution in [0.15, 0.2) is 30.3 Å². The number of fused-ring (bicyclic) bond motifs is 1. The second-order valence-electron chi connectivity index (χ2n) is 7.73. The van der Waals surface area contributed by atoms with E-state index in [-0.39, 0.29) is 17.5 Å². The van der Waals surface area contributed by atoms with E-state index < -0.39 is 5.82 Å². The van der Waals surface area contributed by atoms with Crippen molar-refractivity contribution in [3.05, 3.63) is 41.7 Å². The van der Waals surface area contributed by atoms with E-state index in [9.17, 15) is 9.18 Å². The zero-order valence-corrected chi connectivity index (χ0v) is 20.5. The van der Waals surface area contributed by atoms with Crippen molar-refractivity contribution in [2.24, 2.45) is 0 Å². The molecule has 1 aliphatic rings. The minimum absolute atomic E-state index is 0.110. The fraction of sp³-hybridized carbons (Fsp3) is 0.440. The van der Waals surface area contributed by atoms with Gasteiger partial charge in [0, 0.05) is 12.2 Å². The van der Waals surface area contributed by atoms with Crippen molar-refractivity contribution in [3.63, 3.8) is 0 Å². The molecular formula is C25H29FN2O5S. The van der Waals surface area contributed by atoms with Gasteiger partial charge >= 0.3 is 0 Å². The van der Waals surface area contributed by atoms with Crippen molar-refractivity contribution in [3.8, 4) is 17.2 Å². The van der Waals surface area contributed by atoms with Gasteiger partial charge in [-0.05, 0) is 57.9 Å². The molecular weight excluding hydrogens is 459 g/mol. The molecule has 1 atom stereocenters. The molecule has 0 spiro atoms. The monoisotopic (exact) mass is 488 g/mol. The average molecular weight is 489 g/mol.